The molecule has 2 heteroatoms. The highest BCUT2D eigenvalue weighted by molar-refractivity contribution is 4.80. The molecule has 3 unspecified atom stereocenters. The van der Waals surface area contributed by atoms with Gasteiger partial charge in [-0.15, -0.1) is 0 Å². The van der Waals surface area contributed by atoms with Crippen LogP contribution in [0.25, 0.3) is 0 Å². The highest BCUT2D eigenvalue weighted by atomic mass is 15.1. The fourth-order valence-electron chi connectivity index (χ4n) is 3.18. The SMILES string of the molecule is CC1CC(C)CN(CC2CCNC2)C1. The fraction of sp³-hybridized carbons (Fsp3) is 1.00. The van der Waals surface area contributed by atoms with Gasteiger partial charge in [-0.05, 0) is 43.7 Å². The van der Waals surface area contributed by atoms with E-state index >= 15 is 0 Å². The lowest BCUT2D eigenvalue weighted by molar-refractivity contribution is 0.125. The third-order valence-corrected chi connectivity index (χ3v) is 3.62. The predicted molar refractivity (Wildman–Crippen MR) is 60.4 cm³/mol. The predicted octanol–water partition coefficient (Wildman–Crippen LogP) is 1.57. The first-order valence-electron chi connectivity index (χ1n) is 6.17. The van der Waals surface area contributed by atoms with Gasteiger partial charge in [0.1, 0.15) is 0 Å². The van der Waals surface area contributed by atoms with Crippen LogP contribution in [0.1, 0.15) is 26.7 Å². The van der Waals surface area contributed by atoms with E-state index in [1.807, 2.05) is 0 Å². The summed E-state index contributed by atoms with van der Waals surface area (Å²) in [5.74, 6) is 2.74. The number of nitrogens with one attached hydrogen (secondary N) is 1. The molecule has 0 radical (unpaired) electrons. The van der Waals surface area contributed by atoms with Crippen LogP contribution in [0.3, 0.4) is 0 Å². The van der Waals surface area contributed by atoms with E-state index in [9.17, 15) is 0 Å². The second kappa shape index (κ2) is 4.63. The molecule has 3 atom stereocenters. The van der Waals surface area contributed by atoms with E-state index in [-0.39, 0.29) is 0 Å². The average molecular weight is 196 g/mol. The van der Waals surface area contributed by atoms with Crippen molar-refractivity contribution in [2.75, 3.05) is 32.7 Å². The molecule has 2 rings (SSSR count). The first kappa shape index (κ1) is 10.4. The van der Waals surface area contributed by atoms with Crippen molar-refractivity contribution in [2.24, 2.45) is 17.8 Å². The minimum Gasteiger partial charge on any atom is -0.316 e. The Morgan fingerprint density at radius 2 is 1.93 bits per heavy atom. The van der Waals surface area contributed by atoms with Gasteiger partial charge in [0.15, 0.2) is 0 Å². The number of hydrogen-bond acceptors (Lipinski definition) is 2. The maximum atomic E-state index is 3.46. The Kier molecular flexibility index (Phi) is 3.45. The highest BCUT2D eigenvalue weighted by Gasteiger charge is 2.24. The molecule has 14 heavy (non-hydrogen) atoms. The summed E-state index contributed by atoms with van der Waals surface area (Å²) in [5.41, 5.74) is 0. The Labute approximate surface area is 88.1 Å². The van der Waals surface area contributed by atoms with Crippen LogP contribution in [-0.4, -0.2) is 37.6 Å². The number of rotatable bonds is 2. The lowest BCUT2D eigenvalue weighted by atomic mass is 9.91. The van der Waals surface area contributed by atoms with Gasteiger partial charge in [0.25, 0.3) is 0 Å². The largest absolute Gasteiger partial charge is 0.316 e. The van der Waals surface area contributed by atoms with E-state index in [1.54, 1.807) is 0 Å². The van der Waals surface area contributed by atoms with Crippen molar-refractivity contribution in [3.05, 3.63) is 0 Å². The Hall–Kier alpha value is -0.0800. The third kappa shape index (κ3) is 2.71. The van der Waals surface area contributed by atoms with Crippen molar-refractivity contribution in [1.82, 2.24) is 10.2 Å². The molecule has 2 nitrogen and oxygen atoms in total. The summed E-state index contributed by atoms with van der Waals surface area (Å²) < 4.78 is 0. The standard InChI is InChI=1S/C12H24N2/c1-10-5-11(2)8-14(7-10)9-12-3-4-13-6-12/h10-13H,3-9H2,1-2H3. The Morgan fingerprint density at radius 3 is 2.50 bits per heavy atom. The number of likely N-dealkylation sites (tertiary alicyclic amines) is 1. The van der Waals surface area contributed by atoms with E-state index in [1.165, 1.54) is 45.6 Å². The van der Waals surface area contributed by atoms with Gasteiger partial charge in [0.2, 0.25) is 0 Å². The summed E-state index contributed by atoms with van der Waals surface area (Å²) in [5, 5.41) is 3.46. The molecule has 0 aromatic rings. The molecular formula is C12H24N2. The van der Waals surface area contributed by atoms with Crippen LogP contribution in [0.5, 0.6) is 0 Å². The van der Waals surface area contributed by atoms with Gasteiger partial charge in [-0.25, -0.2) is 0 Å². The van der Waals surface area contributed by atoms with E-state index in [2.05, 4.69) is 24.1 Å². The second-order valence-corrected chi connectivity index (χ2v) is 5.52. The molecule has 82 valence electrons. The molecule has 2 aliphatic heterocycles. The zero-order valence-electron chi connectivity index (χ0n) is 9.63. The molecule has 2 heterocycles. The molecule has 0 spiro atoms. The maximum Gasteiger partial charge on any atom is 0.00225 e. The zero-order valence-corrected chi connectivity index (χ0v) is 9.63. The maximum absolute atomic E-state index is 3.46. The van der Waals surface area contributed by atoms with Crippen LogP contribution in [-0.2, 0) is 0 Å². The lowest BCUT2D eigenvalue weighted by Gasteiger charge is -2.36. The Morgan fingerprint density at radius 1 is 1.21 bits per heavy atom. The fourth-order valence-corrected chi connectivity index (χ4v) is 3.18. The molecule has 0 aromatic heterocycles. The van der Waals surface area contributed by atoms with Crippen molar-refractivity contribution < 1.29 is 0 Å². The van der Waals surface area contributed by atoms with E-state index in [4.69, 9.17) is 0 Å². The molecule has 0 saturated carbocycles. The molecule has 0 amide bonds. The first-order valence-corrected chi connectivity index (χ1v) is 6.17. The molecular weight excluding hydrogens is 172 g/mol. The first-order chi connectivity index (χ1) is 6.74. The van der Waals surface area contributed by atoms with E-state index < -0.39 is 0 Å². The van der Waals surface area contributed by atoms with Crippen molar-refractivity contribution in [1.29, 1.82) is 0 Å². The van der Waals surface area contributed by atoms with Crippen molar-refractivity contribution >= 4 is 0 Å². The van der Waals surface area contributed by atoms with Gasteiger partial charge in [-0.1, -0.05) is 13.8 Å². The summed E-state index contributed by atoms with van der Waals surface area (Å²) >= 11 is 0. The zero-order chi connectivity index (χ0) is 9.97. The molecule has 0 aromatic carbocycles. The quantitative estimate of drug-likeness (QED) is 0.721. The monoisotopic (exact) mass is 196 g/mol. The molecule has 1 N–H and O–H groups in total. The van der Waals surface area contributed by atoms with E-state index in [0.29, 0.717) is 0 Å². The van der Waals surface area contributed by atoms with Crippen molar-refractivity contribution in [3.8, 4) is 0 Å². The Bertz CT molecular complexity index is 165. The second-order valence-electron chi connectivity index (χ2n) is 5.52. The van der Waals surface area contributed by atoms with Crippen molar-refractivity contribution in [3.63, 3.8) is 0 Å². The molecule has 2 saturated heterocycles. The van der Waals surface area contributed by atoms with Gasteiger partial charge >= 0.3 is 0 Å². The average Bonchev–Trinajstić information content (AvgIpc) is 2.54. The van der Waals surface area contributed by atoms with Gasteiger partial charge in [0, 0.05) is 19.6 Å². The summed E-state index contributed by atoms with van der Waals surface area (Å²) in [4.78, 5) is 2.69. The molecule has 0 bridgehead atoms. The van der Waals surface area contributed by atoms with Crippen LogP contribution in [0.2, 0.25) is 0 Å². The highest BCUT2D eigenvalue weighted by Crippen LogP contribution is 2.22. The van der Waals surface area contributed by atoms with Crippen molar-refractivity contribution in [2.45, 2.75) is 26.7 Å². The number of hydrogen-bond donors (Lipinski definition) is 1. The third-order valence-electron chi connectivity index (χ3n) is 3.62. The Balaban J connectivity index is 1.78. The van der Waals surface area contributed by atoms with Gasteiger partial charge < -0.3 is 10.2 Å². The summed E-state index contributed by atoms with van der Waals surface area (Å²) in [6.45, 7) is 11.3. The number of piperidine rings is 1. The van der Waals surface area contributed by atoms with Crippen LogP contribution in [0.4, 0.5) is 0 Å². The smallest absolute Gasteiger partial charge is 0.00225 e. The van der Waals surface area contributed by atoms with Crippen LogP contribution in [0.15, 0.2) is 0 Å². The lowest BCUT2D eigenvalue weighted by Crippen LogP contribution is -2.41. The van der Waals surface area contributed by atoms with E-state index in [0.717, 1.165) is 17.8 Å². The van der Waals surface area contributed by atoms with Crippen LogP contribution >= 0.6 is 0 Å². The molecule has 2 aliphatic rings. The van der Waals surface area contributed by atoms with Gasteiger partial charge in [0.05, 0.1) is 0 Å². The van der Waals surface area contributed by atoms with Crippen LogP contribution in [0, 0.1) is 17.8 Å². The number of nitrogens with zero attached hydrogens (tertiary/aromatic N) is 1. The minimum atomic E-state index is 0.910. The summed E-state index contributed by atoms with van der Waals surface area (Å²) in [7, 11) is 0. The van der Waals surface area contributed by atoms with Gasteiger partial charge in [-0.3, -0.25) is 0 Å². The van der Waals surface area contributed by atoms with Crippen LogP contribution < -0.4 is 5.32 Å². The summed E-state index contributed by atoms with van der Waals surface area (Å²) in [6.07, 6.45) is 2.82. The molecule has 0 aliphatic carbocycles. The minimum absolute atomic E-state index is 0.910. The topological polar surface area (TPSA) is 15.3 Å². The normalized spacial score (nSPS) is 40.3. The molecule has 2 fully saturated rings. The van der Waals surface area contributed by atoms with Gasteiger partial charge in [-0.2, -0.15) is 0 Å². The summed E-state index contributed by atoms with van der Waals surface area (Å²) in [6, 6.07) is 0.